The Kier molecular flexibility index (Phi) is 6.71. The Balaban J connectivity index is 2.18. The molecule has 0 unspecified atom stereocenters. The first-order chi connectivity index (χ1) is 8.54. The van der Waals surface area contributed by atoms with Gasteiger partial charge in [-0.25, -0.2) is 13.4 Å². The molecule has 0 fully saturated rings. The third kappa shape index (κ3) is 5.87. The van der Waals surface area contributed by atoms with Crippen LogP contribution in [-0.4, -0.2) is 18.0 Å². The maximum absolute atomic E-state index is 11.0. The number of halogens is 1. The van der Waals surface area contributed by atoms with E-state index in [9.17, 15) is 8.42 Å². The molecule has 0 spiro atoms. The first kappa shape index (κ1) is 15.5. The summed E-state index contributed by atoms with van der Waals surface area (Å²) in [7, 11) is 1.51. The van der Waals surface area contributed by atoms with Crippen molar-refractivity contribution in [3.63, 3.8) is 0 Å². The van der Waals surface area contributed by atoms with Gasteiger partial charge in [-0.3, -0.25) is 0 Å². The number of rotatable bonds is 9. The quantitative estimate of drug-likeness (QED) is 0.516. The van der Waals surface area contributed by atoms with Gasteiger partial charge in [-0.05, 0) is 6.42 Å². The molecule has 0 aliphatic rings. The zero-order chi connectivity index (χ0) is 13.4. The van der Waals surface area contributed by atoms with E-state index >= 15 is 0 Å². The lowest BCUT2D eigenvalue weighted by atomic mass is 10.1. The molecule has 0 aliphatic heterocycles. The van der Waals surface area contributed by atoms with E-state index in [1.165, 1.54) is 51.0 Å². The van der Waals surface area contributed by atoms with Crippen LogP contribution in [0.1, 0.15) is 51.9 Å². The third-order valence-electron chi connectivity index (χ3n) is 2.88. The van der Waals surface area contributed by atoms with Crippen LogP contribution in [-0.2, 0) is 15.6 Å². The number of hydrogen-bond acceptors (Lipinski definition) is 3. The van der Waals surface area contributed by atoms with Crippen molar-refractivity contribution in [2.24, 2.45) is 0 Å². The summed E-state index contributed by atoms with van der Waals surface area (Å²) in [4.78, 5) is 3.77. The summed E-state index contributed by atoms with van der Waals surface area (Å²) in [6.45, 7) is 3.01. The maximum Gasteiger partial charge on any atom is 0.280 e. The summed E-state index contributed by atoms with van der Waals surface area (Å²) in [6.07, 6.45) is 11.7. The van der Waals surface area contributed by atoms with Gasteiger partial charge in [0.2, 0.25) is 0 Å². The minimum absolute atomic E-state index is 0.0629. The van der Waals surface area contributed by atoms with E-state index in [1.54, 1.807) is 4.57 Å². The highest BCUT2D eigenvalue weighted by molar-refractivity contribution is 8.13. The fraction of sp³-hybridized carbons (Fsp3) is 0.750. The second kappa shape index (κ2) is 7.79. The highest BCUT2D eigenvalue weighted by atomic mass is 35.7. The van der Waals surface area contributed by atoms with Crippen molar-refractivity contribution in [3.05, 3.63) is 12.5 Å². The number of aromatic nitrogens is 2. The third-order valence-corrected chi connectivity index (χ3v) is 4.06. The molecule has 104 valence electrons. The molecule has 1 aromatic rings. The molecular formula is C12H21ClN2O2S. The van der Waals surface area contributed by atoms with Crippen molar-refractivity contribution in [2.45, 2.75) is 63.4 Å². The lowest BCUT2D eigenvalue weighted by Gasteiger charge is -2.02. The van der Waals surface area contributed by atoms with Gasteiger partial charge in [0.15, 0.2) is 5.03 Å². The normalized spacial score (nSPS) is 11.9. The van der Waals surface area contributed by atoms with Gasteiger partial charge in [0.25, 0.3) is 9.05 Å². The summed E-state index contributed by atoms with van der Waals surface area (Å²) >= 11 is 0. The lowest BCUT2D eigenvalue weighted by molar-refractivity contribution is 0.549. The van der Waals surface area contributed by atoms with Gasteiger partial charge in [0.05, 0.1) is 6.33 Å². The maximum atomic E-state index is 11.0. The van der Waals surface area contributed by atoms with Gasteiger partial charge in [0.1, 0.15) is 0 Å². The molecule has 0 aromatic carbocycles. The van der Waals surface area contributed by atoms with E-state index in [0.717, 1.165) is 13.0 Å². The van der Waals surface area contributed by atoms with Crippen LogP contribution in [0.15, 0.2) is 17.6 Å². The minimum atomic E-state index is -3.69. The summed E-state index contributed by atoms with van der Waals surface area (Å²) in [5.41, 5.74) is 0. The highest BCUT2D eigenvalue weighted by Gasteiger charge is 2.12. The average Bonchev–Trinajstić information content (AvgIpc) is 2.76. The Labute approximate surface area is 114 Å². The van der Waals surface area contributed by atoms with Crippen molar-refractivity contribution in [1.82, 2.24) is 9.55 Å². The van der Waals surface area contributed by atoms with Crippen LogP contribution in [0.3, 0.4) is 0 Å². The largest absolute Gasteiger partial charge is 0.336 e. The van der Waals surface area contributed by atoms with Gasteiger partial charge < -0.3 is 4.57 Å². The van der Waals surface area contributed by atoms with Crippen molar-refractivity contribution in [2.75, 3.05) is 0 Å². The van der Waals surface area contributed by atoms with Crippen LogP contribution in [0.5, 0.6) is 0 Å². The molecule has 18 heavy (non-hydrogen) atoms. The van der Waals surface area contributed by atoms with Crippen molar-refractivity contribution in [3.8, 4) is 0 Å². The molecule has 0 amide bonds. The topological polar surface area (TPSA) is 52.0 Å². The zero-order valence-electron chi connectivity index (χ0n) is 10.8. The van der Waals surface area contributed by atoms with Crippen LogP contribution in [0.25, 0.3) is 0 Å². The summed E-state index contributed by atoms with van der Waals surface area (Å²) in [5.74, 6) is 0. The predicted molar refractivity (Wildman–Crippen MR) is 73.3 cm³/mol. The van der Waals surface area contributed by atoms with Gasteiger partial charge in [0, 0.05) is 23.4 Å². The molecule has 0 N–H and O–H groups in total. The number of unbranched alkanes of at least 4 members (excludes halogenated alkanes) is 6. The molecule has 4 nitrogen and oxygen atoms in total. The molecule has 6 heteroatoms. The molecule has 0 bridgehead atoms. The Morgan fingerprint density at radius 2 is 1.78 bits per heavy atom. The Bertz CT molecular complexity index is 443. The first-order valence-electron chi connectivity index (χ1n) is 6.50. The van der Waals surface area contributed by atoms with Crippen LogP contribution in [0.2, 0.25) is 0 Å². The monoisotopic (exact) mass is 292 g/mol. The van der Waals surface area contributed by atoms with Crippen LogP contribution in [0, 0.1) is 0 Å². The molecule has 1 heterocycles. The van der Waals surface area contributed by atoms with E-state index in [-0.39, 0.29) is 5.03 Å². The molecule has 0 radical (unpaired) electrons. The fourth-order valence-corrected chi connectivity index (χ4v) is 2.51. The average molecular weight is 293 g/mol. The summed E-state index contributed by atoms with van der Waals surface area (Å²) < 4.78 is 23.8. The number of imidazole rings is 1. The summed E-state index contributed by atoms with van der Waals surface area (Å²) in [6, 6.07) is 0. The summed E-state index contributed by atoms with van der Waals surface area (Å²) in [5, 5.41) is -0.0629. The van der Waals surface area contributed by atoms with Gasteiger partial charge in [-0.15, -0.1) is 0 Å². The van der Waals surface area contributed by atoms with Crippen molar-refractivity contribution in [1.29, 1.82) is 0 Å². The molecule has 0 atom stereocenters. The standard InChI is InChI=1S/C12H21ClN2O2S/c1-2-3-4-5-6-7-8-9-15-10-12(14-11-15)18(13,16)17/h10-11H,2-9H2,1H3. The number of aryl methyl sites for hydroxylation is 1. The first-order valence-corrected chi connectivity index (χ1v) is 8.81. The van der Waals surface area contributed by atoms with Crippen LogP contribution >= 0.6 is 10.7 Å². The molecule has 0 saturated heterocycles. The van der Waals surface area contributed by atoms with Crippen molar-refractivity contribution < 1.29 is 8.42 Å². The van der Waals surface area contributed by atoms with E-state index in [2.05, 4.69) is 11.9 Å². The predicted octanol–water partition coefficient (Wildman–Crippen LogP) is 3.56. The van der Waals surface area contributed by atoms with E-state index < -0.39 is 9.05 Å². The van der Waals surface area contributed by atoms with Gasteiger partial charge in [-0.1, -0.05) is 45.4 Å². The Morgan fingerprint density at radius 1 is 1.17 bits per heavy atom. The van der Waals surface area contributed by atoms with E-state index in [1.807, 2.05) is 0 Å². The van der Waals surface area contributed by atoms with E-state index in [0.29, 0.717) is 0 Å². The fourth-order valence-electron chi connectivity index (χ4n) is 1.84. The minimum Gasteiger partial charge on any atom is -0.336 e. The second-order valence-electron chi connectivity index (χ2n) is 4.51. The molecular weight excluding hydrogens is 272 g/mol. The van der Waals surface area contributed by atoms with Crippen molar-refractivity contribution >= 4 is 19.7 Å². The molecule has 1 aromatic heterocycles. The lowest BCUT2D eigenvalue weighted by Crippen LogP contribution is -1.95. The SMILES string of the molecule is CCCCCCCCCn1cnc(S(=O)(=O)Cl)c1. The molecule has 1 rings (SSSR count). The van der Waals surface area contributed by atoms with Crippen LogP contribution in [0.4, 0.5) is 0 Å². The molecule has 0 aliphatic carbocycles. The molecule has 0 saturated carbocycles. The Hall–Kier alpha value is -0.550. The second-order valence-corrected chi connectivity index (χ2v) is 7.02. The smallest absolute Gasteiger partial charge is 0.280 e. The van der Waals surface area contributed by atoms with E-state index in [4.69, 9.17) is 10.7 Å². The Morgan fingerprint density at radius 3 is 2.33 bits per heavy atom. The highest BCUT2D eigenvalue weighted by Crippen LogP contribution is 2.12. The zero-order valence-corrected chi connectivity index (χ0v) is 12.4. The number of nitrogens with zero attached hydrogens (tertiary/aromatic N) is 2. The number of hydrogen-bond donors (Lipinski definition) is 0. The van der Waals surface area contributed by atoms with Gasteiger partial charge in [-0.2, -0.15) is 0 Å². The van der Waals surface area contributed by atoms with Crippen LogP contribution < -0.4 is 0 Å². The van der Waals surface area contributed by atoms with Gasteiger partial charge >= 0.3 is 0 Å².